The van der Waals surface area contributed by atoms with Crippen molar-refractivity contribution in [3.63, 3.8) is 0 Å². The van der Waals surface area contributed by atoms with Crippen LogP contribution < -0.4 is 4.74 Å². The lowest BCUT2D eigenvalue weighted by Crippen LogP contribution is -2.44. The van der Waals surface area contributed by atoms with Crippen LogP contribution in [0.2, 0.25) is 0 Å². The average Bonchev–Trinajstić information content (AvgIpc) is 3.10. The van der Waals surface area contributed by atoms with Gasteiger partial charge in [-0.3, -0.25) is 14.6 Å². The normalized spacial score (nSPS) is 23.0. The van der Waals surface area contributed by atoms with E-state index in [-0.39, 0.29) is 18.0 Å². The van der Waals surface area contributed by atoms with Crippen molar-refractivity contribution < 1.29 is 14.3 Å². The van der Waals surface area contributed by atoms with E-state index in [0.29, 0.717) is 34.1 Å². The van der Waals surface area contributed by atoms with E-state index in [1.807, 2.05) is 24.5 Å². The first kappa shape index (κ1) is 17.9. The summed E-state index contributed by atoms with van der Waals surface area (Å²) in [6.07, 6.45) is 3.80. The van der Waals surface area contributed by atoms with Crippen LogP contribution in [0.4, 0.5) is 0 Å². The maximum Gasteiger partial charge on any atom is 0.184 e. The zero-order chi connectivity index (χ0) is 19.3. The minimum absolute atomic E-state index is 0.0505. The number of amidine groups is 1. The summed E-state index contributed by atoms with van der Waals surface area (Å²) in [6.45, 7) is 3.53. The second kappa shape index (κ2) is 6.27. The molecule has 0 aromatic heterocycles. The molecule has 6 nitrogen and oxygen atoms in total. The summed E-state index contributed by atoms with van der Waals surface area (Å²) >= 11 is 1.61. The molecule has 1 atom stereocenters. The van der Waals surface area contributed by atoms with Crippen molar-refractivity contribution in [3.8, 4) is 5.75 Å². The summed E-state index contributed by atoms with van der Waals surface area (Å²) in [6, 6.07) is 5.77. The molecule has 3 aliphatic rings. The topological polar surface area (TPSA) is 80.5 Å². The van der Waals surface area contributed by atoms with Crippen LogP contribution in [-0.2, 0) is 9.59 Å². The molecule has 2 heterocycles. The number of fused-ring (bicyclic) bond motifs is 2. The van der Waals surface area contributed by atoms with Gasteiger partial charge in [0.2, 0.25) is 0 Å². The molecule has 0 bridgehead atoms. The van der Waals surface area contributed by atoms with Crippen molar-refractivity contribution in [2.45, 2.75) is 30.7 Å². The Balaban J connectivity index is 1.85. The molecule has 0 amide bonds. The van der Waals surface area contributed by atoms with Gasteiger partial charge in [-0.05, 0) is 38.3 Å². The van der Waals surface area contributed by atoms with E-state index in [1.54, 1.807) is 38.9 Å². The number of ketones is 2. The third kappa shape index (κ3) is 2.77. The zero-order valence-corrected chi connectivity index (χ0v) is 16.4. The number of Topliss-reactive ketones (excluding diaryl/α,β-unsaturated/α-hetero) is 2. The standard InChI is InChI=1S/C20H19N3O3S/c1-20(2)18(25)12-8-14(24)17-16(13(12)9-21-20)22-19(23-17)11-6-5-10(27-4)7-15(11)26-3/h5-7,9,12H,8H2,1-4H3. The number of thioether (sulfide) groups is 1. The third-order valence-corrected chi connectivity index (χ3v) is 5.78. The molecule has 138 valence electrons. The summed E-state index contributed by atoms with van der Waals surface area (Å²) in [5.74, 6) is 0.370. The number of benzene rings is 1. The Bertz CT molecular complexity index is 1000. The van der Waals surface area contributed by atoms with E-state index in [2.05, 4.69) is 15.0 Å². The first-order valence-electron chi connectivity index (χ1n) is 8.63. The van der Waals surface area contributed by atoms with Crippen molar-refractivity contribution >= 4 is 41.1 Å². The Hall–Kier alpha value is -2.54. The van der Waals surface area contributed by atoms with Crippen molar-refractivity contribution in [3.05, 3.63) is 35.0 Å². The second-order valence-corrected chi connectivity index (χ2v) is 8.01. The second-order valence-electron chi connectivity index (χ2n) is 7.13. The molecule has 0 fully saturated rings. The molecule has 0 saturated carbocycles. The van der Waals surface area contributed by atoms with Gasteiger partial charge < -0.3 is 4.74 Å². The van der Waals surface area contributed by atoms with Crippen molar-refractivity contribution in [2.24, 2.45) is 20.9 Å². The van der Waals surface area contributed by atoms with Gasteiger partial charge in [0.15, 0.2) is 17.4 Å². The summed E-state index contributed by atoms with van der Waals surface area (Å²) in [4.78, 5) is 39.9. The molecular formula is C20H19N3O3S. The molecule has 1 aromatic rings. The van der Waals surface area contributed by atoms with Gasteiger partial charge >= 0.3 is 0 Å². The van der Waals surface area contributed by atoms with Crippen LogP contribution in [0.1, 0.15) is 25.8 Å². The highest BCUT2D eigenvalue weighted by Crippen LogP contribution is 2.37. The monoisotopic (exact) mass is 381 g/mol. The van der Waals surface area contributed by atoms with Crippen LogP contribution in [0.25, 0.3) is 0 Å². The number of hydrogen-bond donors (Lipinski definition) is 0. The number of carbonyl (C=O) groups excluding carboxylic acids is 2. The Kier molecular flexibility index (Phi) is 4.14. The van der Waals surface area contributed by atoms with Gasteiger partial charge in [-0.1, -0.05) is 0 Å². The number of methoxy groups -OCH3 is 1. The van der Waals surface area contributed by atoms with Gasteiger partial charge in [-0.2, -0.15) is 0 Å². The molecule has 1 aliphatic carbocycles. The smallest absolute Gasteiger partial charge is 0.184 e. The van der Waals surface area contributed by atoms with Gasteiger partial charge in [0.05, 0.1) is 18.6 Å². The van der Waals surface area contributed by atoms with E-state index < -0.39 is 11.5 Å². The molecule has 0 N–H and O–H groups in total. The fourth-order valence-electron chi connectivity index (χ4n) is 3.51. The number of rotatable bonds is 3. The quantitative estimate of drug-likeness (QED) is 0.754. The first-order valence-corrected chi connectivity index (χ1v) is 9.85. The van der Waals surface area contributed by atoms with E-state index in [4.69, 9.17) is 4.74 Å². The number of hydrogen-bond acceptors (Lipinski definition) is 7. The van der Waals surface area contributed by atoms with Crippen LogP contribution in [0.5, 0.6) is 5.75 Å². The molecule has 0 radical (unpaired) electrons. The molecule has 27 heavy (non-hydrogen) atoms. The highest BCUT2D eigenvalue weighted by Gasteiger charge is 2.45. The van der Waals surface area contributed by atoms with Crippen molar-refractivity contribution in [1.29, 1.82) is 0 Å². The number of aliphatic imine (C=N–C) groups is 3. The molecule has 7 heteroatoms. The highest BCUT2D eigenvalue weighted by molar-refractivity contribution is 7.98. The fraction of sp³-hybridized carbons (Fsp3) is 0.350. The van der Waals surface area contributed by atoms with Crippen LogP contribution in [0, 0.1) is 5.92 Å². The lowest BCUT2D eigenvalue weighted by atomic mass is 9.74. The van der Waals surface area contributed by atoms with Crippen LogP contribution in [-0.4, -0.2) is 48.2 Å². The van der Waals surface area contributed by atoms with Crippen LogP contribution >= 0.6 is 11.8 Å². The summed E-state index contributed by atoms with van der Waals surface area (Å²) in [5.41, 5.74) is 1.37. The molecule has 1 unspecified atom stereocenters. The predicted octanol–water partition coefficient (Wildman–Crippen LogP) is 2.89. The number of nitrogens with zero attached hydrogens (tertiary/aromatic N) is 3. The number of carbonyl (C=O) groups is 2. The van der Waals surface area contributed by atoms with Gasteiger partial charge in [0, 0.05) is 23.1 Å². The van der Waals surface area contributed by atoms with Gasteiger partial charge in [-0.15, -0.1) is 11.8 Å². The SMILES string of the molecule is COc1cc(SC)ccc1C1=NC2=C3C=NC(C)(C)C(=O)C3CC(=O)C2=N1. The molecule has 0 spiro atoms. The Morgan fingerprint density at radius 1 is 1.22 bits per heavy atom. The maximum absolute atomic E-state index is 12.7. The van der Waals surface area contributed by atoms with Crippen molar-refractivity contribution in [1.82, 2.24) is 0 Å². The number of allylic oxidation sites excluding steroid dienone is 2. The summed E-state index contributed by atoms with van der Waals surface area (Å²) in [7, 11) is 1.59. The van der Waals surface area contributed by atoms with Gasteiger partial charge in [-0.25, -0.2) is 9.98 Å². The Morgan fingerprint density at radius 3 is 2.70 bits per heavy atom. The van der Waals surface area contributed by atoms with Crippen LogP contribution in [0.15, 0.2) is 49.3 Å². The molecule has 0 saturated heterocycles. The van der Waals surface area contributed by atoms with E-state index in [1.165, 1.54) is 0 Å². The van der Waals surface area contributed by atoms with Gasteiger partial charge in [0.25, 0.3) is 0 Å². The minimum Gasteiger partial charge on any atom is -0.496 e. The Morgan fingerprint density at radius 2 is 2.00 bits per heavy atom. The molecule has 2 aliphatic heterocycles. The van der Waals surface area contributed by atoms with Crippen molar-refractivity contribution in [2.75, 3.05) is 13.4 Å². The number of ether oxygens (including phenoxy) is 1. The fourth-order valence-corrected chi connectivity index (χ4v) is 3.93. The zero-order valence-electron chi connectivity index (χ0n) is 15.6. The lowest BCUT2D eigenvalue weighted by molar-refractivity contribution is -0.128. The maximum atomic E-state index is 12.7. The highest BCUT2D eigenvalue weighted by atomic mass is 32.2. The lowest BCUT2D eigenvalue weighted by Gasteiger charge is -2.32. The predicted molar refractivity (Wildman–Crippen MR) is 106 cm³/mol. The Labute approximate surface area is 161 Å². The average molecular weight is 381 g/mol. The third-order valence-electron chi connectivity index (χ3n) is 5.06. The molecule has 4 rings (SSSR count). The van der Waals surface area contributed by atoms with E-state index >= 15 is 0 Å². The first-order chi connectivity index (χ1) is 12.9. The molecule has 1 aromatic carbocycles. The van der Waals surface area contributed by atoms with E-state index in [0.717, 1.165) is 4.90 Å². The molecular weight excluding hydrogens is 362 g/mol. The summed E-state index contributed by atoms with van der Waals surface area (Å²) < 4.78 is 5.49. The summed E-state index contributed by atoms with van der Waals surface area (Å²) in [5, 5.41) is 0. The van der Waals surface area contributed by atoms with Gasteiger partial charge in [0.1, 0.15) is 22.7 Å². The largest absolute Gasteiger partial charge is 0.496 e. The van der Waals surface area contributed by atoms with E-state index in [9.17, 15) is 9.59 Å². The van der Waals surface area contributed by atoms with Crippen LogP contribution in [0.3, 0.4) is 0 Å². The minimum atomic E-state index is -0.814.